The van der Waals surface area contributed by atoms with E-state index in [9.17, 15) is 18.0 Å². The highest BCUT2D eigenvalue weighted by molar-refractivity contribution is 5.79. The monoisotopic (exact) mass is 394 g/mol. The lowest BCUT2D eigenvalue weighted by Crippen LogP contribution is -2.25. The fourth-order valence-corrected chi connectivity index (χ4v) is 5.12. The van der Waals surface area contributed by atoms with Crippen LogP contribution in [0.1, 0.15) is 74.8 Å². The van der Waals surface area contributed by atoms with E-state index in [2.05, 4.69) is 0 Å². The molecule has 2 saturated carbocycles. The van der Waals surface area contributed by atoms with Gasteiger partial charge in [-0.1, -0.05) is 18.2 Å². The number of hydrogen-bond acceptors (Lipinski definition) is 1. The number of allylic oxidation sites excluding steroid dienone is 1. The summed E-state index contributed by atoms with van der Waals surface area (Å²) in [7, 11) is 0. The number of aliphatic carboxylic acids is 1. The molecule has 0 aromatic heterocycles. The minimum atomic E-state index is -4.27. The summed E-state index contributed by atoms with van der Waals surface area (Å²) in [5.74, 6) is 1.61. The Hall–Kier alpha value is -1.78. The lowest BCUT2D eigenvalue weighted by atomic mass is 9.68. The van der Waals surface area contributed by atoms with Crippen molar-refractivity contribution in [1.29, 1.82) is 0 Å². The summed E-state index contributed by atoms with van der Waals surface area (Å²) in [6.45, 7) is 0. The third-order valence-electron chi connectivity index (χ3n) is 6.77. The lowest BCUT2D eigenvalue weighted by Gasteiger charge is -2.38. The van der Waals surface area contributed by atoms with E-state index in [0.717, 1.165) is 36.7 Å². The largest absolute Gasteiger partial charge is 0.478 e. The van der Waals surface area contributed by atoms with Gasteiger partial charge in [-0.05, 0) is 99.2 Å². The topological polar surface area (TPSA) is 37.3 Å². The molecule has 1 aromatic rings. The molecule has 0 aliphatic heterocycles. The molecule has 2 fully saturated rings. The van der Waals surface area contributed by atoms with Crippen molar-refractivity contribution in [3.8, 4) is 0 Å². The molecule has 2 nitrogen and oxygen atoms in total. The molecule has 0 saturated heterocycles. The molecule has 0 radical (unpaired) electrons. The van der Waals surface area contributed by atoms with Gasteiger partial charge < -0.3 is 5.11 Å². The van der Waals surface area contributed by atoms with E-state index < -0.39 is 17.7 Å². The van der Waals surface area contributed by atoms with Gasteiger partial charge >= 0.3 is 12.1 Å². The van der Waals surface area contributed by atoms with Gasteiger partial charge in [0.05, 0.1) is 5.56 Å². The number of benzene rings is 1. The first-order valence-electron chi connectivity index (χ1n) is 10.4. The summed E-state index contributed by atoms with van der Waals surface area (Å²) >= 11 is 0. The van der Waals surface area contributed by atoms with Gasteiger partial charge in [-0.2, -0.15) is 13.2 Å². The molecule has 0 heterocycles. The molecule has 5 heteroatoms. The van der Waals surface area contributed by atoms with Crippen LogP contribution in [0.5, 0.6) is 0 Å². The van der Waals surface area contributed by atoms with E-state index >= 15 is 0 Å². The maximum atomic E-state index is 12.7. The van der Waals surface area contributed by atoms with Gasteiger partial charge in [-0.15, -0.1) is 0 Å². The maximum absolute atomic E-state index is 12.7. The van der Waals surface area contributed by atoms with Crippen LogP contribution in [0.15, 0.2) is 36.4 Å². The zero-order chi connectivity index (χ0) is 20.1. The molecule has 0 spiro atoms. The van der Waals surface area contributed by atoms with E-state index in [0.29, 0.717) is 11.8 Å². The Kier molecular flexibility index (Phi) is 6.84. The van der Waals surface area contributed by atoms with Crippen LogP contribution >= 0.6 is 0 Å². The Morgan fingerprint density at radius 1 is 0.929 bits per heavy atom. The molecule has 0 unspecified atom stereocenters. The quantitative estimate of drug-likeness (QED) is 0.557. The number of hydrogen-bond donors (Lipinski definition) is 1. The van der Waals surface area contributed by atoms with Crippen molar-refractivity contribution in [2.24, 2.45) is 17.8 Å². The molecule has 0 atom stereocenters. The van der Waals surface area contributed by atoms with Gasteiger partial charge in [0.15, 0.2) is 0 Å². The van der Waals surface area contributed by atoms with Crippen LogP contribution in [0.25, 0.3) is 0 Å². The summed E-state index contributed by atoms with van der Waals surface area (Å²) in [5.41, 5.74) is 0.472. The van der Waals surface area contributed by atoms with Crippen LogP contribution in [0.4, 0.5) is 13.2 Å². The van der Waals surface area contributed by atoms with E-state index in [1.54, 1.807) is 18.2 Å². The van der Waals surface area contributed by atoms with Crippen LogP contribution in [0.2, 0.25) is 0 Å². The van der Waals surface area contributed by atoms with Crippen LogP contribution < -0.4 is 0 Å². The van der Waals surface area contributed by atoms with E-state index in [-0.39, 0.29) is 0 Å². The Morgan fingerprint density at radius 3 is 1.96 bits per heavy atom. The highest BCUT2D eigenvalue weighted by atomic mass is 19.4. The molecular formula is C23H29F3O2. The van der Waals surface area contributed by atoms with Gasteiger partial charge in [0.2, 0.25) is 0 Å². The first kappa shape index (κ1) is 20.9. The van der Waals surface area contributed by atoms with Crippen LogP contribution in [-0.4, -0.2) is 11.1 Å². The van der Waals surface area contributed by atoms with E-state index in [1.807, 2.05) is 0 Å². The molecule has 2 aliphatic carbocycles. The predicted octanol–water partition coefficient (Wildman–Crippen LogP) is 6.82. The van der Waals surface area contributed by atoms with Gasteiger partial charge in [-0.3, -0.25) is 0 Å². The van der Waals surface area contributed by atoms with Crippen molar-refractivity contribution in [3.05, 3.63) is 47.5 Å². The molecule has 2 aliphatic rings. The number of rotatable bonds is 5. The summed E-state index contributed by atoms with van der Waals surface area (Å²) < 4.78 is 38.2. The van der Waals surface area contributed by atoms with Crippen LogP contribution in [-0.2, 0) is 11.0 Å². The lowest BCUT2D eigenvalue weighted by molar-refractivity contribution is -0.137. The average Bonchev–Trinajstić information content (AvgIpc) is 2.68. The van der Waals surface area contributed by atoms with Crippen LogP contribution in [0.3, 0.4) is 0 Å². The molecule has 1 aromatic carbocycles. The number of alkyl halides is 3. The molecule has 1 N–H and O–H groups in total. The number of carbonyl (C=O) groups is 1. The normalized spacial score (nSPS) is 29.1. The zero-order valence-electron chi connectivity index (χ0n) is 16.1. The van der Waals surface area contributed by atoms with Crippen molar-refractivity contribution >= 4 is 5.97 Å². The van der Waals surface area contributed by atoms with Crippen molar-refractivity contribution in [3.63, 3.8) is 0 Å². The minimum absolute atomic E-state index is 0.385. The maximum Gasteiger partial charge on any atom is 0.416 e. The second-order valence-corrected chi connectivity index (χ2v) is 8.49. The van der Waals surface area contributed by atoms with Gasteiger partial charge in [0, 0.05) is 6.08 Å². The Labute approximate surface area is 164 Å². The minimum Gasteiger partial charge on any atom is -0.478 e. The molecule has 154 valence electrons. The van der Waals surface area contributed by atoms with Crippen molar-refractivity contribution in [1.82, 2.24) is 0 Å². The Morgan fingerprint density at radius 2 is 1.46 bits per heavy atom. The molecule has 28 heavy (non-hydrogen) atoms. The number of carboxylic acid groups (broad SMARTS) is 1. The van der Waals surface area contributed by atoms with E-state index in [4.69, 9.17) is 5.11 Å². The third-order valence-corrected chi connectivity index (χ3v) is 6.77. The van der Waals surface area contributed by atoms with Gasteiger partial charge in [0.25, 0.3) is 0 Å². The Balaban J connectivity index is 1.44. The first-order chi connectivity index (χ1) is 13.3. The van der Waals surface area contributed by atoms with Gasteiger partial charge in [-0.25, -0.2) is 4.79 Å². The summed E-state index contributed by atoms with van der Waals surface area (Å²) in [4.78, 5) is 10.6. The molecule has 3 rings (SSSR count). The van der Waals surface area contributed by atoms with Crippen molar-refractivity contribution < 1.29 is 23.1 Å². The van der Waals surface area contributed by atoms with Crippen molar-refractivity contribution in [2.75, 3.05) is 0 Å². The highest BCUT2D eigenvalue weighted by Crippen LogP contribution is 2.44. The summed E-state index contributed by atoms with van der Waals surface area (Å²) in [5, 5.41) is 8.67. The zero-order valence-corrected chi connectivity index (χ0v) is 16.1. The smallest absolute Gasteiger partial charge is 0.416 e. The SMILES string of the molecule is O=C(O)/C=C/C[C@H]1CC[C@H]([C@H]2CC[C@H](c3ccc(C(F)(F)F)cc3)CC2)CC1. The second-order valence-electron chi connectivity index (χ2n) is 8.49. The fraction of sp³-hybridized carbons (Fsp3) is 0.609. The molecule has 0 amide bonds. The Bertz CT molecular complexity index is 662. The van der Waals surface area contributed by atoms with E-state index in [1.165, 1.54) is 56.7 Å². The first-order valence-corrected chi connectivity index (χ1v) is 10.4. The predicted molar refractivity (Wildman–Crippen MR) is 103 cm³/mol. The van der Waals surface area contributed by atoms with Crippen molar-refractivity contribution in [2.45, 2.75) is 69.9 Å². The third kappa shape index (κ3) is 5.62. The highest BCUT2D eigenvalue weighted by Gasteiger charge is 2.32. The molecular weight excluding hydrogens is 365 g/mol. The standard InChI is InChI=1S/C23H29F3O2/c24-23(25,26)21-14-12-20(13-15-21)19-10-8-18(9-11-19)17-6-4-16(5-7-17)2-1-3-22(27)28/h1,3,12-19H,2,4-11H2,(H,27,28)/b3-1+/t16-,17-,18-,19-. The fourth-order valence-electron chi connectivity index (χ4n) is 5.12. The summed E-state index contributed by atoms with van der Waals surface area (Å²) in [6.07, 6.45) is 8.88. The number of halogens is 3. The van der Waals surface area contributed by atoms with Crippen LogP contribution in [0, 0.1) is 17.8 Å². The second kappa shape index (κ2) is 9.15. The molecule has 0 bridgehead atoms. The average molecular weight is 394 g/mol. The summed E-state index contributed by atoms with van der Waals surface area (Å²) in [6, 6.07) is 5.73. The number of carboxylic acids is 1. The van der Waals surface area contributed by atoms with Gasteiger partial charge in [0.1, 0.15) is 0 Å².